The van der Waals surface area contributed by atoms with Crippen LogP contribution in [0.2, 0.25) is 0 Å². The van der Waals surface area contributed by atoms with Gasteiger partial charge in [0.2, 0.25) is 5.91 Å². The second-order valence-corrected chi connectivity index (χ2v) is 5.98. The van der Waals surface area contributed by atoms with Crippen LogP contribution in [-0.4, -0.2) is 56.0 Å². The van der Waals surface area contributed by atoms with E-state index in [1.165, 1.54) is 0 Å². The Hall–Kier alpha value is -0.650. The van der Waals surface area contributed by atoms with E-state index in [0.717, 1.165) is 19.3 Å². The SMILES string of the molecule is COCCOCCN1C(=O)C2(CC2)NC1CC(C)C. The summed E-state index contributed by atoms with van der Waals surface area (Å²) in [6.45, 7) is 6.84. The van der Waals surface area contributed by atoms with E-state index in [0.29, 0.717) is 32.3 Å². The molecule has 1 aliphatic heterocycles. The molecule has 1 spiro atoms. The van der Waals surface area contributed by atoms with Gasteiger partial charge in [0.15, 0.2) is 0 Å². The summed E-state index contributed by atoms with van der Waals surface area (Å²) in [7, 11) is 1.66. The highest BCUT2D eigenvalue weighted by atomic mass is 16.5. The highest BCUT2D eigenvalue weighted by Crippen LogP contribution is 2.42. The Balaban J connectivity index is 1.82. The number of rotatable bonds is 8. The number of amides is 1. The van der Waals surface area contributed by atoms with Gasteiger partial charge in [-0.05, 0) is 25.2 Å². The molecule has 5 heteroatoms. The molecule has 110 valence electrons. The van der Waals surface area contributed by atoms with Crippen molar-refractivity contribution >= 4 is 5.91 Å². The highest BCUT2D eigenvalue weighted by Gasteiger charge is 2.58. The van der Waals surface area contributed by atoms with Crippen LogP contribution in [0.3, 0.4) is 0 Å². The quantitative estimate of drug-likeness (QED) is 0.668. The molecule has 1 unspecified atom stereocenters. The minimum atomic E-state index is -0.216. The first-order valence-corrected chi connectivity index (χ1v) is 7.24. The summed E-state index contributed by atoms with van der Waals surface area (Å²) in [5.74, 6) is 0.851. The molecule has 19 heavy (non-hydrogen) atoms. The van der Waals surface area contributed by atoms with Crippen LogP contribution in [0, 0.1) is 5.92 Å². The van der Waals surface area contributed by atoms with Crippen molar-refractivity contribution in [1.82, 2.24) is 10.2 Å². The van der Waals surface area contributed by atoms with Crippen LogP contribution < -0.4 is 5.32 Å². The van der Waals surface area contributed by atoms with Gasteiger partial charge in [-0.1, -0.05) is 13.8 Å². The number of nitrogens with one attached hydrogen (secondary N) is 1. The van der Waals surface area contributed by atoms with Crippen molar-refractivity contribution in [3.63, 3.8) is 0 Å². The Morgan fingerprint density at radius 2 is 2.11 bits per heavy atom. The van der Waals surface area contributed by atoms with Crippen molar-refractivity contribution < 1.29 is 14.3 Å². The van der Waals surface area contributed by atoms with Gasteiger partial charge in [0, 0.05) is 13.7 Å². The molecular formula is C14H26N2O3. The Labute approximate surface area is 115 Å². The average molecular weight is 270 g/mol. The van der Waals surface area contributed by atoms with Gasteiger partial charge in [-0.3, -0.25) is 10.1 Å². The summed E-state index contributed by atoms with van der Waals surface area (Å²) >= 11 is 0. The predicted molar refractivity (Wildman–Crippen MR) is 72.8 cm³/mol. The van der Waals surface area contributed by atoms with Crippen molar-refractivity contribution in [3.8, 4) is 0 Å². The van der Waals surface area contributed by atoms with Gasteiger partial charge in [-0.25, -0.2) is 0 Å². The minimum Gasteiger partial charge on any atom is -0.382 e. The lowest BCUT2D eigenvalue weighted by molar-refractivity contribution is -0.131. The maximum atomic E-state index is 12.4. The van der Waals surface area contributed by atoms with E-state index < -0.39 is 0 Å². The fraction of sp³-hybridized carbons (Fsp3) is 0.929. The van der Waals surface area contributed by atoms with E-state index in [9.17, 15) is 4.79 Å². The van der Waals surface area contributed by atoms with Crippen molar-refractivity contribution in [3.05, 3.63) is 0 Å². The Kier molecular flexibility index (Phi) is 4.81. The predicted octanol–water partition coefficient (Wildman–Crippen LogP) is 0.986. The van der Waals surface area contributed by atoms with Crippen LogP contribution in [-0.2, 0) is 14.3 Å². The number of hydrogen-bond donors (Lipinski definition) is 1. The molecule has 0 aromatic heterocycles. The second kappa shape index (κ2) is 6.20. The maximum absolute atomic E-state index is 12.4. The Morgan fingerprint density at radius 1 is 1.37 bits per heavy atom. The lowest BCUT2D eigenvalue weighted by atomic mass is 10.1. The Bertz CT molecular complexity index is 316. The molecule has 0 aromatic rings. The molecule has 1 atom stereocenters. The van der Waals surface area contributed by atoms with E-state index >= 15 is 0 Å². The number of hydrogen-bond acceptors (Lipinski definition) is 4. The van der Waals surface area contributed by atoms with Crippen LogP contribution in [0.1, 0.15) is 33.1 Å². The van der Waals surface area contributed by atoms with Crippen molar-refractivity contribution in [2.75, 3.05) is 33.5 Å². The molecule has 5 nitrogen and oxygen atoms in total. The normalized spacial score (nSPS) is 24.7. The maximum Gasteiger partial charge on any atom is 0.244 e. The first kappa shape index (κ1) is 14.8. The molecule has 1 aliphatic carbocycles. The zero-order valence-electron chi connectivity index (χ0n) is 12.3. The third-order valence-corrected chi connectivity index (χ3v) is 3.84. The zero-order chi connectivity index (χ0) is 13.9. The molecule has 0 bridgehead atoms. The van der Waals surface area contributed by atoms with Gasteiger partial charge >= 0.3 is 0 Å². The number of ether oxygens (including phenoxy) is 2. The van der Waals surface area contributed by atoms with Gasteiger partial charge < -0.3 is 14.4 Å². The number of methoxy groups -OCH3 is 1. The van der Waals surface area contributed by atoms with Gasteiger partial charge in [0.25, 0.3) is 0 Å². The van der Waals surface area contributed by atoms with Crippen LogP contribution in [0.4, 0.5) is 0 Å². The Morgan fingerprint density at radius 3 is 2.68 bits per heavy atom. The fourth-order valence-corrected chi connectivity index (χ4v) is 2.66. The smallest absolute Gasteiger partial charge is 0.244 e. The van der Waals surface area contributed by atoms with Crippen LogP contribution >= 0.6 is 0 Å². The zero-order valence-corrected chi connectivity index (χ0v) is 12.3. The molecule has 2 fully saturated rings. The molecule has 2 aliphatic rings. The number of carbonyl (C=O) groups is 1. The van der Waals surface area contributed by atoms with Crippen molar-refractivity contribution in [1.29, 1.82) is 0 Å². The fourth-order valence-electron chi connectivity index (χ4n) is 2.66. The molecule has 2 rings (SSSR count). The molecule has 1 saturated heterocycles. The minimum absolute atomic E-state index is 0.182. The van der Waals surface area contributed by atoms with E-state index in [1.54, 1.807) is 7.11 Å². The molecule has 1 heterocycles. The van der Waals surface area contributed by atoms with Gasteiger partial charge in [0.1, 0.15) is 0 Å². The van der Waals surface area contributed by atoms with Crippen LogP contribution in [0.15, 0.2) is 0 Å². The summed E-state index contributed by atoms with van der Waals surface area (Å²) in [6, 6.07) is 0. The third-order valence-electron chi connectivity index (χ3n) is 3.84. The summed E-state index contributed by atoms with van der Waals surface area (Å²) in [4.78, 5) is 14.4. The first-order chi connectivity index (χ1) is 9.09. The number of carbonyl (C=O) groups excluding carboxylic acids is 1. The van der Waals surface area contributed by atoms with E-state index in [4.69, 9.17) is 9.47 Å². The lowest BCUT2D eigenvalue weighted by Crippen LogP contribution is -2.40. The van der Waals surface area contributed by atoms with Crippen molar-refractivity contribution in [2.45, 2.75) is 44.8 Å². The molecule has 0 aromatic carbocycles. The van der Waals surface area contributed by atoms with Crippen LogP contribution in [0.25, 0.3) is 0 Å². The van der Waals surface area contributed by atoms with Gasteiger partial charge in [-0.15, -0.1) is 0 Å². The third kappa shape index (κ3) is 3.46. The van der Waals surface area contributed by atoms with E-state index in [1.807, 2.05) is 4.90 Å². The molecule has 1 saturated carbocycles. The summed E-state index contributed by atoms with van der Waals surface area (Å²) < 4.78 is 10.4. The molecule has 1 amide bonds. The summed E-state index contributed by atoms with van der Waals surface area (Å²) in [5.41, 5.74) is -0.216. The van der Waals surface area contributed by atoms with Gasteiger partial charge in [0.05, 0.1) is 31.5 Å². The van der Waals surface area contributed by atoms with E-state index in [-0.39, 0.29) is 17.6 Å². The number of nitrogens with zero attached hydrogens (tertiary/aromatic N) is 1. The first-order valence-electron chi connectivity index (χ1n) is 7.24. The monoisotopic (exact) mass is 270 g/mol. The topological polar surface area (TPSA) is 50.8 Å². The highest BCUT2D eigenvalue weighted by molar-refractivity contribution is 5.91. The average Bonchev–Trinajstić information content (AvgIpc) is 3.08. The van der Waals surface area contributed by atoms with Crippen LogP contribution in [0.5, 0.6) is 0 Å². The van der Waals surface area contributed by atoms with Gasteiger partial charge in [-0.2, -0.15) is 0 Å². The second-order valence-electron chi connectivity index (χ2n) is 5.98. The summed E-state index contributed by atoms with van der Waals surface area (Å²) in [6.07, 6.45) is 3.16. The lowest BCUT2D eigenvalue weighted by Gasteiger charge is -2.25. The largest absolute Gasteiger partial charge is 0.382 e. The molecular weight excluding hydrogens is 244 g/mol. The molecule has 1 N–H and O–H groups in total. The summed E-state index contributed by atoms with van der Waals surface area (Å²) in [5, 5.41) is 3.52. The molecule has 0 radical (unpaired) electrons. The van der Waals surface area contributed by atoms with Crippen molar-refractivity contribution in [2.24, 2.45) is 5.92 Å². The van der Waals surface area contributed by atoms with E-state index in [2.05, 4.69) is 19.2 Å². The standard InChI is InChI=1S/C14H26N2O3/c1-11(2)10-12-15-14(4-5-14)13(17)16(12)6-7-19-9-8-18-3/h11-12,15H,4-10H2,1-3H3.